The van der Waals surface area contributed by atoms with Crippen molar-refractivity contribution in [2.75, 3.05) is 13.1 Å². The average molecular weight is 379 g/mol. The minimum absolute atomic E-state index is 0. The molecule has 5 nitrogen and oxygen atoms in total. The van der Waals surface area contributed by atoms with Gasteiger partial charge < -0.3 is 11.1 Å². The van der Waals surface area contributed by atoms with Crippen molar-refractivity contribution >= 4 is 53.8 Å². The van der Waals surface area contributed by atoms with Crippen LogP contribution in [0.2, 0.25) is 0 Å². The molecule has 1 heterocycles. The summed E-state index contributed by atoms with van der Waals surface area (Å²) in [6.45, 7) is 0.914. The summed E-state index contributed by atoms with van der Waals surface area (Å²) in [4.78, 5) is 11.8. The van der Waals surface area contributed by atoms with E-state index in [1.165, 1.54) is 0 Å². The van der Waals surface area contributed by atoms with Crippen LogP contribution in [0.5, 0.6) is 0 Å². The molecule has 0 saturated heterocycles. The minimum atomic E-state index is -0.107. The third-order valence-corrected chi connectivity index (χ3v) is 3.54. The Morgan fingerprint density at radius 2 is 1.80 bits per heavy atom. The number of para-hydroxylation sites is 1. The van der Waals surface area contributed by atoms with E-state index in [0.717, 1.165) is 22.2 Å². The van der Waals surface area contributed by atoms with Gasteiger partial charge in [0.2, 0.25) is 0 Å². The second-order valence-electron chi connectivity index (χ2n) is 5.15. The minimum Gasteiger partial charge on any atom is -0.351 e. The van der Waals surface area contributed by atoms with E-state index in [1.54, 1.807) is 12.1 Å². The van der Waals surface area contributed by atoms with Crippen LogP contribution >= 0.6 is 24.8 Å². The van der Waals surface area contributed by atoms with Crippen molar-refractivity contribution in [3.63, 3.8) is 0 Å². The third kappa shape index (κ3) is 5.06. The molecule has 132 valence electrons. The molecule has 0 fully saturated rings. The number of hydrogen-bond acceptors (Lipinski definition) is 3. The molecule has 0 aliphatic rings. The Hall–Kier alpha value is -2.34. The molecule has 2 aromatic carbocycles. The van der Waals surface area contributed by atoms with Gasteiger partial charge in [-0.15, -0.1) is 24.8 Å². The van der Waals surface area contributed by atoms with Crippen LogP contribution in [-0.2, 0) is 0 Å². The Labute approximate surface area is 158 Å². The average Bonchev–Trinajstić information content (AvgIpc) is 3.01. The highest BCUT2D eigenvalue weighted by Crippen LogP contribution is 2.17. The molecular formula is C18H20Cl2N4O. The number of hydrogen-bond donors (Lipinski definition) is 3. The normalized spacial score (nSPS) is 10.3. The van der Waals surface area contributed by atoms with E-state index in [0.29, 0.717) is 18.7 Å². The van der Waals surface area contributed by atoms with Crippen LogP contribution < -0.4 is 11.1 Å². The molecule has 1 amide bonds. The van der Waals surface area contributed by atoms with Crippen molar-refractivity contribution in [1.82, 2.24) is 15.5 Å². The highest BCUT2D eigenvalue weighted by molar-refractivity contribution is 5.94. The van der Waals surface area contributed by atoms with Crippen molar-refractivity contribution in [3.05, 3.63) is 65.4 Å². The van der Waals surface area contributed by atoms with Gasteiger partial charge in [0.25, 0.3) is 5.91 Å². The topological polar surface area (TPSA) is 83.8 Å². The van der Waals surface area contributed by atoms with Gasteiger partial charge >= 0.3 is 0 Å². The van der Waals surface area contributed by atoms with Gasteiger partial charge in [-0.25, -0.2) is 0 Å². The molecule has 4 N–H and O–H groups in total. The molecule has 0 aliphatic heterocycles. The zero-order valence-electron chi connectivity index (χ0n) is 13.4. The van der Waals surface area contributed by atoms with Crippen LogP contribution in [0.15, 0.2) is 48.5 Å². The fourth-order valence-electron chi connectivity index (χ4n) is 2.32. The Kier molecular flexibility index (Phi) is 8.15. The van der Waals surface area contributed by atoms with Gasteiger partial charge in [-0.3, -0.25) is 9.89 Å². The Bertz CT molecular complexity index is 844. The SMILES string of the molecule is Cl.Cl.NCCNC(=O)c1ccc(C=Cc2n[nH]c3ccccc23)cc1. The highest BCUT2D eigenvalue weighted by Gasteiger charge is 2.04. The first kappa shape index (κ1) is 20.7. The summed E-state index contributed by atoms with van der Waals surface area (Å²) in [6, 6.07) is 15.4. The van der Waals surface area contributed by atoms with Crippen molar-refractivity contribution in [2.24, 2.45) is 5.73 Å². The summed E-state index contributed by atoms with van der Waals surface area (Å²) >= 11 is 0. The summed E-state index contributed by atoms with van der Waals surface area (Å²) in [5.41, 5.74) is 8.91. The van der Waals surface area contributed by atoms with E-state index in [9.17, 15) is 4.79 Å². The lowest BCUT2D eigenvalue weighted by atomic mass is 10.1. The molecule has 0 spiro atoms. The predicted octanol–water partition coefficient (Wildman–Crippen LogP) is 3.27. The van der Waals surface area contributed by atoms with Gasteiger partial charge in [0.05, 0.1) is 11.2 Å². The highest BCUT2D eigenvalue weighted by atomic mass is 35.5. The molecule has 0 aliphatic carbocycles. The molecule has 1 aromatic heterocycles. The zero-order valence-corrected chi connectivity index (χ0v) is 15.1. The number of fused-ring (bicyclic) bond motifs is 1. The summed E-state index contributed by atoms with van der Waals surface area (Å²) < 4.78 is 0. The third-order valence-electron chi connectivity index (χ3n) is 3.54. The monoisotopic (exact) mass is 378 g/mol. The number of aromatic nitrogens is 2. The number of H-pyrrole nitrogens is 1. The summed E-state index contributed by atoms with van der Waals surface area (Å²) in [5, 5.41) is 11.1. The molecule has 7 heteroatoms. The lowest BCUT2D eigenvalue weighted by Crippen LogP contribution is -2.28. The number of nitrogens with two attached hydrogens (primary N) is 1. The van der Waals surface area contributed by atoms with E-state index >= 15 is 0 Å². The van der Waals surface area contributed by atoms with Gasteiger partial charge in [0, 0.05) is 24.0 Å². The van der Waals surface area contributed by atoms with E-state index in [-0.39, 0.29) is 30.7 Å². The number of nitrogens with zero attached hydrogens (tertiary/aromatic N) is 1. The maximum atomic E-state index is 11.8. The summed E-state index contributed by atoms with van der Waals surface area (Å²) in [5.74, 6) is -0.107. The lowest BCUT2D eigenvalue weighted by molar-refractivity contribution is 0.0955. The second-order valence-corrected chi connectivity index (χ2v) is 5.15. The molecule has 3 rings (SSSR count). The number of halogens is 2. The number of carbonyl (C=O) groups is 1. The van der Waals surface area contributed by atoms with Crippen LogP contribution in [0, 0.1) is 0 Å². The van der Waals surface area contributed by atoms with Crippen LogP contribution in [0.4, 0.5) is 0 Å². The number of nitrogens with one attached hydrogen (secondary N) is 2. The molecule has 0 bridgehead atoms. The van der Waals surface area contributed by atoms with Crippen LogP contribution in [0.3, 0.4) is 0 Å². The largest absolute Gasteiger partial charge is 0.351 e. The number of aromatic amines is 1. The first-order valence-corrected chi connectivity index (χ1v) is 7.47. The van der Waals surface area contributed by atoms with Crippen molar-refractivity contribution < 1.29 is 4.79 Å². The Morgan fingerprint density at radius 1 is 1.08 bits per heavy atom. The zero-order chi connectivity index (χ0) is 16.1. The maximum Gasteiger partial charge on any atom is 0.251 e. The molecular weight excluding hydrogens is 359 g/mol. The molecule has 0 radical (unpaired) electrons. The lowest BCUT2D eigenvalue weighted by Gasteiger charge is -2.03. The summed E-state index contributed by atoms with van der Waals surface area (Å²) in [6.07, 6.45) is 3.94. The van der Waals surface area contributed by atoms with Crippen molar-refractivity contribution in [3.8, 4) is 0 Å². The molecule has 0 atom stereocenters. The van der Waals surface area contributed by atoms with Crippen LogP contribution in [0.1, 0.15) is 21.6 Å². The van der Waals surface area contributed by atoms with Crippen molar-refractivity contribution in [1.29, 1.82) is 0 Å². The predicted molar refractivity (Wildman–Crippen MR) is 107 cm³/mol. The number of carbonyl (C=O) groups excluding carboxylic acids is 1. The fourth-order valence-corrected chi connectivity index (χ4v) is 2.32. The van der Waals surface area contributed by atoms with Crippen molar-refractivity contribution in [2.45, 2.75) is 0 Å². The van der Waals surface area contributed by atoms with Gasteiger partial charge in [0.1, 0.15) is 0 Å². The molecule has 3 aromatic rings. The van der Waals surface area contributed by atoms with E-state index in [4.69, 9.17) is 5.73 Å². The van der Waals surface area contributed by atoms with Gasteiger partial charge in [-0.05, 0) is 29.8 Å². The Morgan fingerprint density at radius 3 is 2.52 bits per heavy atom. The fraction of sp³-hybridized carbons (Fsp3) is 0.111. The maximum absolute atomic E-state index is 11.8. The molecule has 0 unspecified atom stereocenters. The first-order chi connectivity index (χ1) is 11.3. The smallest absolute Gasteiger partial charge is 0.251 e. The standard InChI is InChI=1S/C18H18N4O.2ClH/c19-11-12-20-18(23)14-8-5-13(6-9-14)7-10-17-15-3-1-2-4-16(15)21-22-17;;/h1-10H,11-12,19H2,(H,20,23)(H,21,22);2*1H. The van der Waals surface area contributed by atoms with Gasteiger partial charge in [-0.2, -0.15) is 5.10 Å². The number of rotatable bonds is 5. The Balaban J connectivity index is 0.00000156. The van der Waals surface area contributed by atoms with Crippen LogP contribution in [-0.4, -0.2) is 29.2 Å². The first-order valence-electron chi connectivity index (χ1n) is 7.47. The molecule has 0 saturated carbocycles. The number of amides is 1. The van der Waals surface area contributed by atoms with E-state index < -0.39 is 0 Å². The summed E-state index contributed by atoms with van der Waals surface area (Å²) in [7, 11) is 0. The van der Waals surface area contributed by atoms with Crippen LogP contribution in [0.25, 0.3) is 23.1 Å². The number of benzene rings is 2. The van der Waals surface area contributed by atoms with E-state index in [1.807, 2.05) is 48.6 Å². The second kappa shape index (κ2) is 9.84. The van der Waals surface area contributed by atoms with Gasteiger partial charge in [0.15, 0.2) is 0 Å². The van der Waals surface area contributed by atoms with Gasteiger partial charge in [-0.1, -0.05) is 36.4 Å². The van der Waals surface area contributed by atoms with E-state index in [2.05, 4.69) is 15.5 Å². The molecule has 25 heavy (non-hydrogen) atoms. The quantitative estimate of drug-likeness (QED) is 0.636.